The van der Waals surface area contributed by atoms with Gasteiger partial charge in [-0.05, 0) is 109 Å². The summed E-state index contributed by atoms with van der Waals surface area (Å²) in [4.78, 5) is 58.8. The van der Waals surface area contributed by atoms with E-state index in [9.17, 15) is 43.5 Å². The lowest BCUT2D eigenvalue weighted by Crippen LogP contribution is -2.30. The molecule has 0 aliphatic carbocycles. The van der Waals surface area contributed by atoms with Gasteiger partial charge in [0.2, 0.25) is 0 Å². The van der Waals surface area contributed by atoms with Crippen molar-refractivity contribution < 1.29 is 75.8 Å². The Labute approximate surface area is 653 Å². The smallest absolute Gasteiger partial charge is 0.463 e. The largest absolute Gasteiger partial charge is 0.472 e. The first-order valence-electron chi connectivity index (χ1n) is 43.2. The Hall–Kier alpha value is -3.79. The predicted molar refractivity (Wildman–Crippen MR) is 445 cm³/mol. The van der Waals surface area contributed by atoms with E-state index < -0.39 is 91.5 Å². The number of hydrogen-bond acceptors (Lipinski definition) is 14. The summed E-state index contributed by atoms with van der Waals surface area (Å²) in [6.45, 7) is 2.59. The normalized spacial score (nSPS) is 14.4. The lowest BCUT2D eigenvalue weighted by molar-refractivity contribution is -0.161. The first-order chi connectivity index (χ1) is 52.2. The van der Waals surface area contributed by atoms with E-state index in [2.05, 4.69) is 130 Å². The molecule has 5 unspecified atom stereocenters. The van der Waals surface area contributed by atoms with Crippen LogP contribution in [-0.2, 0) is 55.8 Å². The number of unbranched alkanes of at least 4 members (excludes halogenated alkanes) is 41. The molecule has 620 valence electrons. The standard InChI is InChI=1S/C89H158O16P2/c1-4-7-10-13-16-19-22-25-27-29-31-33-35-37-39-41-43-45-47-49-51-53-55-58-60-63-66-69-72-75-87(92)99-78-84(90)79-101-106(95,96)102-80-85(91)81-103-107(97,98)104-83-86(105-89(94)77-74-71-68-65-62-57-24-21-18-15-12-9-6-3)82-100-88(93)76-73-70-67-64-61-59-56-54-52-50-48-46-44-42-40-38-36-34-32-30-28-26-23-20-17-14-11-8-5-2/h7,10,16-17,19-20,25-28,31-34,37-40,84-86,90-91H,4-6,8-9,11-15,18,21-24,29-30,35-36,41-83H2,1-3H3,(H,95,96)(H,97,98)/b10-7-,19-16-,20-17-,27-25-,28-26-,33-31-,34-32-,39-37-,40-38-. The Morgan fingerprint density at radius 2 is 0.495 bits per heavy atom. The van der Waals surface area contributed by atoms with Gasteiger partial charge in [-0.15, -0.1) is 0 Å². The van der Waals surface area contributed by atoms with Crippen LogP contribution in [0.5, 0.6) is 0 Å². The van der Waals surface area contributed by atoms with Crippen molar-refractivity contribution in [2.75, 3.05) is 39.6 Å². The fraction of sp³-hybridized carbons (Fsp3) is 0.764. The van der Waals surface area contributed by atoms with E-state index in [1.165, 1.54) is 193 Å². The van der Waals surface area contributed by atoms with Crippen molar-refractivity contribution >= 4 is 33.6 Å². The summed E-state index contributed by atoms with van der Waals surface area (Å²) in [5.41, 5.74) is 0. The van der Waals surface area contributed by atoms with Gasteiger partial charge in [0.25, 0.3) is 0 Å². The highest BCUT2D eigenvalue weighted by molar-refractivity contribution is 7.47. The van der Waals surface area contributed by atoms with Crippen LogP contribution in [0, 0.1) is 0 Å². The maximum absolute atomic E-state index is 13.0. The monoisotopic (exact) mass is 1550 g/mol. The van der Waals surface area contributed by atoms with Crippen molar-refractivity contribution in [1.29, 1.82) is 0 Å². The summed E-state index contributed by atoms with van der Waals surface area (Å²) in [6.07, 6.45) is 97.1. The fourth-order valence-corrected chi connectivity index (χ4v) is 13.5. The van der Waals surface area contributed by atoms with E-state index in [4.69, 9.17) is 32.3 Å². The maximum Gasteiger partial charge on any atom is 0.472 e. The van der Waals surface area contributed by atoms with E-state index in [0.717, 1.165) is 128 Å². The van der Waals surface area contributed by atoms with Gasteiger partial charge in [0.15, 0.2) is 6.10 Å². The molecular weight excluding hydrogens is 1390 g/mol. The zero-order valence-corrected chi connectivity index (χ0v) is 69.8. The number of carbonyl (C=O) groups excluding carboxylic acids is 3. The van der Waals surface area contributed by atoms with E-state index in [1.54, 1.807) is 0 Å². The second-order valence-electron chi connectivity index (χ2n) is 29.0. The molecule has 5 atom stereocenters. The minimum absolute atomic E-state index is 0.109. The summed E-state index contributed by atoms with van der Waals surface area (Å²) in [5.74, 6) is -1.56. The number of hydrogen-bond donors (Lipinski definition) is 4. The highest BCUT2D eigenvalue weighted by atomic mass is 31.2. The topological polar surface area (TPSA) is 231 Å². The van der Waals surface area contributed by atoms with Crippen LogP contribution < -0.4 is 0 Å². The molecule has 18 heteroatoms. The molecule has 16 nitrogen and oxygen atoms in total. The number of rotatable bonds is 82. The molecule has 0 aliphatic rings. The molecule has 0 heterocycles. The summed E-state index contributed by atoms with van der Waals surface area (Å²) < 4.78 is 61.3. The number of ether oxygens (including phenoxy) is 3. The van der Waals surface area contributed by atoms with Gasteiger partial charge in [-0.25, -0.2) is 9.13 Å². The zero-order chi connectivity index (χ0) is 78.0. The first kappa shape index (κ1) is 103. The number of aliphatic hydroxyl groups excluding tert-OH is 2. The van der Waals surface area contributed by atoms with Gasteiger partial charge >= 0.3 is 33.6 Å². The van der Waals surface area contributed by atoms with Crippen LogP contribution in [0.2, 0.25) is 0 Å². The van der Waals surface area contributed by atoms with Crippen molar-refractivity contribution in [2.45, 2.75) is 399 Å². The molecule has 0 spiro atoms. The van der Waals surface area contributed by atoms with Gasteiger partial charge in [0.05, 0.1) is 26.4 Å². The summed E-state index contributed by atoms with van der Waals surface area (Å²) in [7, 11) is -9.78. The molecule has 0 radical (unpaired) electrons. The highest BCUT2D eigenvalue weighted by Crippen LogP contribution is 2.45. The summed E-state index contributed by atoms with van der Waals surface area (Å²) in [5, 5.41) is 20.7. The highest BCUT2D eigenvalue weighted by Gasteiger charge is 2.29. The molecule has 4 N–H and O–H groups in total. The van der Waals surface area contributed by atoms with Crippen LogP contribution in [0.1, 0.15) is 380 Å². The van der Waals surface area contributed by atoms with Crippen molar-refractivity contribution in [3.05, 3.63) is 109 Å². The molecule has 0 aliphatic heterocycles. The van der Waals surface area contributed by atoms with Gasteiger partial charge in [0.1, 0.15) is 25.4 Å². The van der Waals surface area contributed by atoms with Crippen LogP contribution in [0.25, 0.3) is 0 Å². The fourth-order valence-electron chi connectivity index (χ4n) is 11.9. The first-order valence-corrected chi connectivity index (χ1v) is 46.2. The molecule has 0 saturated heterocycles. The average Bonchev–Trinajstić information content (AvgIpc) is 0.909. The molecule has 0 rings (SSSR count). The third-order valence-electron chi connectivity index (χ3n) is 18.5. The Kier molecular flexibility index (Phi) is 78.8. The van der Waals surface area contributed by atoms with Crippen molar-refractivity contribution in [1.82, 2.24) is 0 Å². The predicted octanol–water partition coefficient (Wildman–Crippen LogP) is 25.9. The van der Waals surface area contributed by atoms with Gasteiger partial charge in [0, 0.05) is 19.3 Å². The molecule has 107 heavy (non-hydrogen) atoms. The average molecular weight is 1550 g/mol. The third-order valence-corrected chi connectivity index (χ3v) is 20.4. The number of phosphoric ester groups is 2. The molecule has 0 aromatic carbocycles. The second-order valence-corrected chi connectivity index (χ2v) is 31.9. The lowest BCUT2D eigenvalue weighted by atomic mass is 10.0. The number of allylic oxidation sites excluding steroid dienone is 18. The SMILES string of the molecule is CC/C=C\C/C=C\C/C=C\C/C=C\C/C=C\CCCCCCCCCCCCCCCC(=O)OCC(O)COP(=O)(O)OCC(O)COP(=O)(O)OCC(COC(=O)CCCCCCCCCCCCCCC/C=C\C/C=C\C/C=C\C/C=C\CCCCC)OC(=O)CCCCCCCCCCCCCCC. The molecule has 0 fully saturated rings. The summed E-state index contributed by atoms with van der Waals surface area (Å²) >= 11 is 0. The number of esters is 3. The van der Waals surface area contributed by atoms with Gasteiger partial charge in [-0.1, -0.05) is 361 Å². The Balaban J connectivity index is 4.45. The molecule has 0 saturated carbocycles. The maximum atomic E-state index is 13.0. The van der Waals surface area contributed by atoms with Crippen LogP contribution in [0.3, 0.4) is 0 Å². The quantitative estimate of drug-likeness (QED) is 0.0146. The molecular formula is C89H158O16P2. The molecule has 0 aromatic heterocycles. The minimum atomic E-state index is -4.93. The molecule has 0 aromatic rings. The zero-order valence-electron chi connectivity index (χ0n) is 68.0. The van der Waals surface area contributed by atoms with Crippen LogP contribution in [0.4, 0.5) is 0 Å². The van der Waals surface area contributed by atoms with Crippen molar-refractivity contribution in [3.63, 3.8) is 0 Å². The van der Waals surface area contributed by atoms with E-state index in [1.807, 2.05) is 0 Å². The van der Waals surface area contributed by atoms with E-state index >= 15 is 0 Å². The third kappa shape index (κ3) is 83.0. The van der Waals surface area contributed by atoms with Crippen LogP contribution >= 0.6 is 15.6 Å². The summed E-state index contributed by atoms with van der Waals surface area (Å²) in [6, 6.07) is 0. The van der Waals surface area contributed by atoms with Gasteiger partial charge in [-0.3, -0.25) is 32.5 Å². The number of aliphatic hydroxyl groups is 2. The number of carbonyl (C=O) groups is 3. The Morgan fingerprint density at radius 1 is 0.271 bits per heavy atom. The number of phosphoric acid groups is 2. The Bertz CT molecular complexity index is 2380. The van der Waals surface area contributed by atoms with Gasteiger partial charge in [-0.2, -0.15) is 0 Å². The van der Waals surface area contributed by atoms with E-state index in [-0.39, 0.29) is 19.3 Å². The van der Waals surface area contributed by atoms with E-state index in [0.29, 0.717) is 19.3 Å². The molecule has 0 amide bonds. The minimum Gasteiger partial charge on any atom is -0.463 e. The molecule has 0 bridgehead atoms. The van der Waals surface area contributed by atoms with Crippen molar-refractivity contribution in [3.8, 4) is 0 Å². The Morgan fingerprint density at radius 3 is 0.804 bits per heavy atom. The van der Waals surface area contributed by atoms with Crippen molar-refractivity contribution in [2.24, 2.45) is 0 Å². The lowest BCUT2D eigenvalue weighted by Gasteiger charge is -2.21. The second kappa shape index (κ2) is 81.7. The van der Waals surface area contributed by atoms with Gasteiger partial charge < -0.3 is 34.2 Å². The van der Waals surface area contributed by atoms with Crippen LogP contribution in [-0.4, -0.2) is 95.9 Å². The van der Waals surface area contributed by atoms with Crippen LogP contribution in [0.15, 0.2) is 109 Å².